The Hall–Kier alpha value is -1.38. The van der Waals surface area contributed by atoms with Crippen molar-refractivity contribution in [2.75, 3.05) is 52.7 Å². The summed E-state index contributed by atoms with van der Waals surface area (Å²) < 4.78 is 7.10. The second-order valence-electron chi connectivity index (χ2n) is 6.72. The van der Waals surface area contributed by atoms with Crippen molar-refractivity contribution in [3.05, 3.63) is 21.7 Å². The standard InChI is InChI=1S/C17H26N4O3S/c1-19(2)6-7-21-14-5-3-4-13(14)16(18-17(21)23)25-12-15(22)20-8-10-24-11-9-20/h3-12H2,1-2H3. The molecular formula is C17H26N4O3S. The molecule has 138 valence electrons. The van der Waals surface area contributed by atoms with Crippen LogP contribution in [-0.4, -0.2) is 78.0 Å². The third kappa shape index (κ3) is 4.43. The molecule has 1 aromatic rings. The number of rotatable bonds is 6. The number of carbonyl (C=O) groups excluding carboxylic acids is 1. The molecule has 8 heteroatoms. The highest BCUT2D eigenvalue weighted by molar-refractivity contribution is 7.99. The van der Waals surface area contributed by atoms with E-state index in [0.29, 0.717) is 38.6 Å². The highest BCUT2D eigenvalue weighted by Crippen LogP contribution is 2.29. The number of likely N-dealkylation sites (N-methyl/N-ethyl adjacent to an activating group) is 1. The Bertz CT molecular complexity index is 683. The Morgan fingerprint density at radius 1 is 1.28 bits per heavy atom. The van der Waals surface area contributed by atoms with Crippen LogP contribution in [-0.2, 0) is 28.9 Å². The van der Waals surface area contributed by atoms with Crippen molar-refractivity contribution >= 4 is 17.7 Å². The normalized spacial score (nSPS) is 17.2. The molecule has 1 aliphatic carbocycles. The summed E-state index contributed by atoms with van der Waals surface area (Å²) in [6.07, 6.45) is 2.91. The summed E-state index contributed by atoms with van der Waals surface area (Å²) in [6.45, 7) is 3.99. The van der Waals surface area contributed by atoms with Gasteiger partial charge >= 0.3 is 5.69 Å². The molecule has 1 amide bonds. The Morgan fingerprint density at radius 2 is 2.04 bits per heavy atom. The van der Waals surface area contributed by atoms with E-state index in [2.05, 4.69) is 9.88 Å². The number of morpholine rings is 1. The molecule has 0 bridgehead atoms. The number of nitrogens with zero attached hydrogens (tertiary/aromatic N) is 4. The minimum absolute atomic E-state index is 0.0960. The summed E-state index contributed by atoms with van der Waals surface area (Å²) >= 11 is 1.41. The van der Waals surface area contributed by atoms with E-state index in [0.717, 1.165) is 42.1 Å². The number of hydrogen-bond acceptors (Lipinski definition) is 6. The van der Waals surface area contributed by atoms with Crippen LogP contribution in [0.2, 0.25) is 0 Å². The Kier molecular flexibility index (Phi) is 6.14. The fraction of sp³-hybridized carbons (Fsp3) is 0.706. The van der Waals surface area contributed by atoms with Crippen LogP contribution in [0.3, 0.4) is 0 Å². The van der Waals surface area contributed by atoms with Gasteiger partial charge in [-0.2, -0.15) is 4.98 Å². The zero-order valence-corrected chi connectivity index (χ0v) is 15.8. The van der Waals surface area contributed by atoms with E-state index < -0.39 is 0 Å². The Labute approximate surface area is 152 Å². The summed E-state index contributed by atoms with van der Waals surface area (Å²) in [5.74, 6) is 0.430. The molecule has 0 saturated carbocycles. The van der Waals surface area contributed by atoms with Gasteiger partial charge < -0.3 is 14.5 Å². The molecule has 1 fully saturated rings. The lowest BCUT2D eigenvalue weighted by Gasteiger charge is -2.26. The molecule has 2 aliphatic rings. The predicted molar refractivity (Wildman–Crippen MR) is 97.2 cm³/mol. The molecule has 3 rings (SSSR count). The van der Waals surface area contributed by atoms with E-state index >= 15 is 0 Å². The van der Waals surface area contributed by atoms with Gasteiger partial charge in [0.05, 0.1) is 19.0 Å². The van der Waals surface area contributed by atoms with Gasteiger partial charge in [0.2, 0.25) is 5.91 Å². The molecule has 0 aromatic carbocycles. The number of carbonyl (C=O) groups is 1. The van der Waals surface area contributed by atoms with E-state index in [9.17, 15) is 9.59 Å². The molecule has 0 spiro atoms. The SMILES string of the molecule is CN(C)CCn1c2c(c(SCC(=O)N3CCOCC3)nc1=O)CCC2. The molecule has 1 aliphatic heterocycles. The molecule has 7 nitrogen and oxygen atoms in total. The van der Waals surface area contributed by atoms with E-state index in [1.54, 1.807) is 0 Å². The van der Waals surface area contributed by atoms with Crippen molar-refractivity contribution in [2.45, 2.75) is 30.8 Å². The van der Waals surface area contributed by atoms with E-state index in [1.165, 1.54) is 11.8 Å². The Morgan fingerprint density at radius 3 is 2.76 bits per heavy atom. The lowest BCUT2D eigenvalue weighted by molar-refractivity contribution is -0.132. The minimum Gasteiger partial charge on any atom is -0.378 e. The van der Waals surface area contributed by atoms with Gasteiger partial charge in [-0.1, -0.05) is 11.8 Å². The van der Waals surface area contributed by atoms with Crippen molar-refractivity contribution in [2.24, 2.45) is 0 Å². The topological polar surface area (TPSA) is 67.7 Å². The zero-order valence-electron chi connectivity index (χ0n) is 15.0. The Balaban J connectivity index is 1.72. The van der Waals surface area contributed by atoms with E-state index in [1.807, 2.05) is 23.6 Å². The monoisotopic (exact) mass is 366 g/mol. The number of amides is 1. The third-order valence-corrected chi connectivity index (χ3v) is 5.67. The van der Waals surface area contributed by atoms with Crippen LogP contribution in [0.1, 0.15) is 17.7 Å². The number of aromatic nitrogens is 2. The fourth-order valence-corrected chi connectivity index (χ4v) is 4.25. The third-order valence-electron chi connectivity index (χ3n) is 4.67. The fourth-order valence-electron chi connectivity index (χ4n) is 3.27. The molecule has 2 heterocycles. The van der Waals surface area contributed by atoms with Gasteiger partial charge in [0.1, 0.15) is 5.03 Å². The maximum Gasteiger partial charge on any atom is 0.348 e. The van der Waals surface area contributed by atoms with Crippen molar-refractivity contribution in [1.29, 1.82) is 0 Å². The summed E-state index contributed by atoms with van der Waals surface area (Å²) in [7, 11) is 4.00. The lowest BCUT2D eigenvalue weighted by atomic mass is 10.2. The van der Waals surface area contributed by atoms with Gasteiger partial charge in [0.25, 0.3) is 0 Å². The van der Waals surface area contributed by atoms with Gasteiger partial charge in [-0.15, -0.1) is 0 Å². The molecule has 0 unspecified atom stereocenters. The van der Waals surface area contributed by atoms with Crippen molar-refractivity contribution < 1.29 is 9.53 Å². The number of hydrogen-bond donors (Lipinski definition) is 0. The van der Waals surface area contributed by atoms with E-state index in [-0.39, 0.29) is 11.6 Å². The lowest BCUT2D eigenvalue weighted by Crippen LogP contribution is -2.41. The average Bonchev–Trinajstić information content (AvgIpc) is 3.09. The molecule has 25 heavy (non-hydrogen) atoms. The van der Waals surface area contributed by atoms with Crippen LogP contribution in [0.15, 0.2) is 9.82 Å². The number of thioether (sulfide) groups is 1. The van der Waals surface area contributed by atoms with Crippen LogP contribution in [0, 0.1) is 0 Å². The van der Waals surface area contributed by atoms with Crippen LogP contribution in [0.5, 0.6) is 0 Å². The summed E-state index contributed by atoms with van der Waals surface area (Å²) in [5, 5.41) is 0.750. The van der Waals surface area contributed by atoms with Crippen molar-refractivity contribution in [3.8, 4) is 0 Å². The molecule has 0 radical (unpaired) electrons. The molecule has 1 saturated heterocycles. The summed E-state index contributed by atoms with van der Waals surface area (Å²) in [6, 6.07) is 0. The first-order chi connectivity index (χ1) is 12.1. The first-order valence-corrected chi connectivity index (χ1v) is 9.80. The van der Waals surface area contributed by atoms with Gasteiger partial charge in [0.15, 0.2) is 0 Å². The minimum atomic E-state index is -0.191. The maximum atomic E-state index is 12.5. The maximum absolute atomic E-state index is 12.5. The van der Waals surface area contributed by atoms with Crippen molar-refractivity contribution in [1.82, 2.24) is 19.4 Å². The smallest absolute Gasteiger partial charge is 0.348 e. The quantitative estimate of drug-likeness (QED) is 0.531. The highest BCUT2D eigenvalue weighted by Gasteiger charge is 2.23. The predicted octanol–water partition coefficient (Wildman–Crippen LogP) is 0.245. The van der Waals surface area contributed by atoms with Gasteiger partial charge in [0, 0.05) is 37.4 Å². The largest absolute Gasteiger partial charge is 0.378 e. The van der Waals surface area contributed by atoms with Crippen LogP contribution in [0.25, 0.3) is 0 Å². The molecule has 0 N–H and O–H groups in total. The molecule has 0 atom stereocenters. The first-order valence-electron chi connectivity index (χ1n) is 8.82. The summed E-state index contributed by atoms with van der Waals surface area (Å²) in [5.41, 5.74) is 2.09. The van der Waals surface area contributed by atoms with Gasteiger partial charge in [-0.25, -0.2) is 4.79 Å². The second kappa shape index (κ2) is 8.33. The van der Waals surface area contributed by atoms with E-state index in [4.69, 9.17) is 4.74 Å². The zero-order chi connectivity index (χ0) is 17.8. The van der Waals surface area contributed by atoms with Crippen molar-refractivity contribution in [3.63, 3.8) is 0 Å². The van der Waals surface area contributed by atoms with Gasteiger partial charge in [-0.3, -0.25) is 9.36 Å². The number of ether oxygens (including phenoxy) is 1. The van der Waals surface area contributed by atoms with Gasteiger partial charge in [-0.05, 0) is 33.4 Å². The van der Waals surface area contributed by atoms with Crippen LogP contribution in [0.4, 0.5) is 0 Å². The number of fused-ring (bicyclic) bond motifs is 1. The van der Waals surface area contributed by atoms with Crippen LogP contribution < -0.4 is 5.69 Å². The molecule has 1 aromatic heterocycles. The average molecular weight is 366 g/mol. The van der Waals surface area contributed by atoms with Crippen LogP contribution >= 0.6 is 11.8 Å². The molecular weight excluding hydrogens is 340 g/mol. The first kappa shape index (κ1) is 18.4. The highest BCUT2D eigenvalue weighted by atomic mass is 32.2. The second-order valence-corrected chi connectivity index (χ2v) is 7.68. The summed E-state index contributed by atoms with van der Waals surface area (Å²) in [4.78, 5) is 33.0.